The Morgan fingerprint density at radius 2 is 1.91 bits per heavy atom. The molecule has 1 amide bonds. The van der Waals surface area contributed by atoms with Crippen molar-refractivity contribution in [2.24, 2.45) is 0 Å². The van der Waals surface area contributed by atoms with Gasteiger partial charge in [-0.15, -0.1) is 17.5 Å². The van der Waals surface area contributed by atoms with Crippen LogP contribution in [0.15, 0.2) is 53.1 Å². The first-order valence-corrected chi connectivity index (χ1v) is 10.2. The lowest BCUT2D eigenvalue weighted by atomic mass is 10.1. The second-order valence-electron chi connectivity index (χ2n) is 7.67. The molecule has 4 heterocycles. The van der Waals surface area contributed by atoms with Crippen LogP contribution in [-0.4, -0.2) is 61.5 Å². The Kier molecular flexibility index (Phi) is 6.11. The number of piperazine rings is 1. The van der Waals surface area contributed by atoms with Crippen molar-refractivity contribution in [3.63, 3.8) is 0 Å². The predicted octanol–water partition coefficient (Wildman–Crippen LogP) is 2.72. The van der Waals surface area contributed by atoms with Crippen molar-refractivity contribution < 1.29 is 9.21 Å². The molecule has 0 radical (unpaired) electrons. The van der Waals surface area contributed by atoms with E-state index in [4.69, 9.17) is 10.2 Å². The van der Waals surface area contributed by atoms with Gasteiger partial charge in [-0.25, -0.2) is 4.98 Å². The van der Waals surface area contributed by atoms with Crippen LogP contribution in [-0.2, 0) is 11.3 Å². The highest BCUT2D eigenvalue weighted by Crippen LogP contribution is 2.24. The second-order valence-corrected chi connectivity index (χ2v) is 7.67. The largest absolute Gasteiger partial charge is 0.461 e. The summed E-state index contributed by atoms with van der Waals surface area (Å²) in [7, 11) is 0. The molecular weight excluding hydrogens is 430 g/mol. The maximum absolute atomic E-state index is 11.5. The van der Waals surface area contributed by atoms with Crippen LogP contribution in [0.1, 0.15) is 12.5 Å². The number of fused-ring (bicyclic) bond motifs is 1. The van der Waals surface area contributed by atoms with Gasteiger partial charge in [0.2, 0.25) is 11.7 Å². The molecule has 1 aliphatic rings. The molecule has 1 aromatic carbocycles. The molecular formula is C22H24ClN7O2. The molecule has 0 atom stereocenters. The molecule has 0 aliphatic carbocycles. The average Bonchev–Trinajstić information content (AvgIpc) is 3.44. The van der Waals surface area contributed by atoms with Gasteiger partial charge in [0.1, 0.15) is 5.82 Å². The summed E-state index contributed by atoms with van der Waals surface area (Å²) < 4.78 is 6.89. The third-order valence-corrected chi connectivity index (χ3v) is 5.53. The van der Waals surface area contributed by atoms with Crippen LogP contribution in [0.2, 0.25) is 0 Å². The van der Waals surface area contributed by atoms with Gasteiger partial charge in [0.15, 0.2) is 5.76 Å². The van der Waals surface area contributed by atoms with Crippen LogP contribution < -0.4 is 5.73 Å². The van der Waals surface area contributed by atoms with Gasteiger partial charge in [-0.05, 0) is 23.8 Å². The van der Waals surface area contributed by atoms with Gasteiger partial charge in [-0.2, -0.15) is 9.50 Å². The van der Waals surface area contributed by atoms with E-state index in [9.17, 15) is 4.79 Å². The van der Waals surface area contributed by atoms with Gasteiger partial charge in [0, 0.05) is 51.3 Å². The molecule has 0 spiro atoms. The van der Waals surface area contributed by atoms with Crippen LogP contribution in [0.5, 0.6) is 0 Å². The molecule has 1 fully saturated rings. The Balaban J connectivity index is 0.00000245. The van der Waals surface area contributed by atoms with Gasteiger partial charge < -0.3 is 15.1 Å². The Hall–Kier alpha value is -3.43. The lowest BCUT2D eigenvalue weighted by molar-refractivity contribution is -0.130. The number of amides is 1. The Morgan fingerprint density at radius 1 is 1.09 bits per heavy atom. The van der Waals surface area contributed by atoms with E-state index in [2.05, 4.69) is 32.1 Å². The number of nitrogens with two attached hydrogens (primary N) is 1. The summed E-state index contributed by atoms with van der Waals surface area (Å²) in [6, 6.07) is 13.7. The van der Waals surface area contributed by atoms with E-state index in [0.29, 0.717) is 23.2 Å². The molecule has 1 aliphatic heterocycles. The number of anilines is 1. The third-order valence-electron chi connectivity index (χ3n) is 5.53. The van der Waals surface area contributed by atoms with E-state index in [1.54, 1.807) is 31.4 Å². The van der Waals surface area contributed by atoms with E-state index < -0.39 is 0 Å². The zero-order chi connectivity index (χ0) is 21.4. The van der Waals surface area contributed by atoms with Crippen molar-refractivity contribution in [1.82, 2.24) is 29.4 Å². The number of hydrogen-bond donors (Lipinski definition) is 1. The normalized spacial score (nSPS) is 14.5. The third kappa shape index (κ3) is 4.30. The van der Waals surface area contributed by atoms with E-state index in [0.717, 1.165) is 44.0 Å². The Morgan fingerprint density at radius 3 is 2.62 bits per heavy atom. The molecule has 0 bridgehead atoms. The van der Waals surface area contributed by atoms with E-state index in [-0.39, 0.29) is 18.3 Å². The number of nitrogens with zero attached hydrogens (tertiary/aromatic N) is 6. The number of halogens is 1. The lowest BCUT2D eigenvalue weighted by Crippen LogP contribution is -2.47. The number of rotatable bonds is 4. The number of nitrogen functional groups attached to an aromatic ring is 1. The maximum Gasteiger partial charge on any atom is 0.255 e. The minimum atomic E-state index is 0. The van der Waals surface area contributed by atoms with Crippen LogP contribution in [0, 0.1) is 0 Å². The first kappa shape index (κ1) is 21.8. The number of aromatic nitrogens is 4. The summed E-state index contributed by atoms with van der Waals surface area (Å²) in [5.41, 5.74) is 9.13. The van der Waals surface area contributed by atoms with Crippen molar-refractivity contribution in [1.29, 1.82) is 0 Å². The SMILES string of the molecule is CC(=O)N1CCN(Cc2cccc(-c3cc(N)n4nc(-c5ccco5)nc4n3)c2)CC1.Cl. The van der Waals surface area contributed by atoms with Crippen LogP contribution in [0.3, 0.4) is 0 Å². The highest BCUT2D eigenvalue weighted by molar-refractivity contribution is 5.85. The molecule has 9 nitrogen and oxygen atoms in total. The molecule has 5 rings (SSSR count). The number of benzene rings is 1. The Labute approximate surface area is 191 Å². The van der Waals surface area contributed by atoms with E-state index in [1.165, 1.54) is 10.1 Å². The summed E-state index contributed by atoms with van der Waals surface area (Å²) in [4.78, 5) is 24.9. The zero-order valence-corrected chi connectivity index (χ0v) is 18.5. The number of hydrogen-bond acceptors (Lipinski definition) is 7. The van der Waals surface area contributed by atoms with Crippen molar-refractivity contribution >= 4 is 29.9 Å². The summed E-state index contributed by atoms with van der Waals surface area (Å²) in [5.74, 6) is 2.03. The van der Waals surface area contributed by atoms with Gasteiger partial charge in [0.05, 0.1) is 12.0 Å². The topological polar surface area (TPSA) is 106 Å². The fraction of sp³-hybridized carbons (Fsp3) is 0.273. The van der Waals surface area contributed by atoms with Gasteiger partial charge in [-0.1, -0.05) is 18.2 Å². The van der Waals surface area contributed by atoms with E-state index in [1.807, 2.05) is 17.0 Å². The molecule has 166 valence electrons. The van der Waals surface area contributed by atoms with Crippen molar-refractivity contribution in [3.8, 4) is 22.8 Å². The minimum Gasteiger partial charge on any atom is -0.461 e. The number of carbonyl (C=O) groups is 1. The summed E-state index contributed by atoms with van der Waals surface area (Å²) in [5, 5.41) is 4.39. The zero-order valence-electron chi connectivity index (χ0n) is 17.6. The molecule has 0 saturated carbocycles. The number of furan rings is 1. The molecule has 1 saturated heterocycles. The summed E-state index contributed by atoms with van der Waals surface area (Å²) in [6.45, 7) is 5.74. The average molecular weight is 454 g/mol. The second kappa shape index (κ2) is 8.97. The van der Waals surface area contributed by atoms with E-state index >= 15 is 0 Å². The Bertz CT molecular complexity index is 1230. The number of carbonyl (C=O) groups excluding carboxylic acids is 1. The summed E-state index contributed by atoms with van der Waals surface area (Å²) in [6.07, 6.45) is 1.58. The molecule has 2 N–H and O–H groups in total. The highest BCUT2D eigenvalue weighted by Gasteiger charge is 2.19. The maximum atomic E-state index is 11.5. The first-order valence-electron chi connectivity index (χ1n) is 10.2. The standard InChI is InChI=1S/C22H23N7O2.ClH/c1-15(30)28-9-7-27(8-10-28)14-16-4-2-5-17(12-16)18-13-20(23)29-22(24-18)25-21(26-29)19-6-3-11-31-19;/h2-6,11-13H,7-10,14,23H2,1H3;1H. The highest BCUT2D eigenvalue weighted by atomic mass is 35.5. The van der Waals surface area contributed by atoms with Crippen LogP contribution in [0.25, 0.3) is 28.6 Å². The molecule has 0 unspecified atom stereocenters. The molecule has 4 aromatic rings. The predicted molar refractivity (Wildman–Crippen MR) is 123 cm³/mol. The van der Waals surface area contributed by atoms with Crippen LogP contribution >= 0.6 is 12.4 Å². The van der Waals surface area contributed by atoms with Crippen molar-refractivity contribution in [3.05, 3.63) is 54.3 Å². The van der Waals surface area contributed by atoms with Gasteiger partial charge >= 0.3 is 0 Å². The van der Waals surface area contributed by atoms with Gasteiger partial charge in [0.25, 0.3) is 5.78 Å². The first-order chi connectivity index (χ1) is 15.1. The van der Waals surface area contributed by atoms with Gasteiger partial charge in [-0.3, -0.25) is 9.69 Å². The fourth-order valence-corrected chi connectivity index (χ4v) is 3.86. The quantitative estimate of drug-likeness (QED) is 0.506. The molecule has 32 heavy (non-hydrogen) atoms. The monoisotopic (exact) mass is 453 g/mol. The molecule has 3 aromatic heterocycles. The lowest BCUT2D eigenvalue weighted by Gasteiger charge is -2.34. The minimum absolute atomic E-state index is 0. The van der Waals surface area contributed by atoms with Crippen molar-refractivity contribution in [2.45, 2.75) is 13.5 Å². The van der Waals surface area contributed by atoms with Crippen LogP contribution in [0.4, 0.5) is 5.82 Å². The fourth-order valence-electron chi connectivity index (χ4n) is 3.86. The molecule has 10 heteroatoms. The summed E-state index contributed by atoms with van der Waals surface area (Å²) >= 11 is 0. The smallest absolute Gasteiger partial charge is 0.255 e. The van der Waals surface area contributed by atoms with Crippen molar-refractivity contribution in [2.75, 3.05) is 31.9 Å².